The van der Waals surface area contributed by atoms with Crippen LogP contribution >= 0.6 is 22.9 Å². The largest absolute Gasteiger partial charge is 0.148 e. The van der Waals surface area contributed by atoms with Gasteiger partial charge in [0.05, 0.1) is 0 Å². The van der Waals surface area contributed by atoms with Gasteiger partial charge in [-0.3, -0.25) is 0 Å². The average molecular weight is 355 g/mol. The van der Waals surface area contributed by atoms with Crippen molar-refractivity contribution >= 4 is 22.9 Å². The fourth-order valence-corrected chi connectivity index (χ4v) is 4.21. The molecule has 0 atom stereocenters. The second-order valence-electron chi connectivity index (χ2n) is 6.87. The van der Waals surface area contributed by atoms with Crippen molar-refractivity contribution in [2.45, 2.75) is 38.5 Å². The van der Waals surface area contributed by atoms with E-state index in [1.807, 2.05) is 23.5 Å². The van der Waals surface area contributed by atoms with Gasteiger partial charge in [-0.1, -0.05) is 67.9 Å². The number of halogens is 1. The van der Waals surface area contributed by atoms with Gasteiger partial charge in [-0.15, -0.1) is 11.3 Å². The van der Waals surface area contributed by atoms with Gasteiger partial charge in [0, 0.05) is 9.90 Å². The minimum absolute atomic E-state index is 0.175. The lowest BCUT2D eigenvalue weighted by Crippen LogP contribution is -2.17. The van der Waals surface area contributed by atoms with E-state index in [0.717, 1.165) is 11.4 Å². The molecule has 124 valence electrons. The molecule has 0 saturated carbocycles. The number of thiophene rings is 1. The Morgan fingerprint density at radius 2 is 1.62 bits per heavy atom. The van der Waals surface area contributed by atoms with Gasteiger partial charge in [0.25, 0.3) is 0 Å². The van der Waals surface area contributed by atoms with Crippen LogP contribution in [0.15, 0.2) is 66.0 Å². The molecule has 3 aromatic rings. The van der Waals surface area contributed by atoms with E-state index in [4.69, 9.17) is 11.6 Å². The van der Waals surface area contributed by atoms with Crippen molar-refractivity contribution in [1.82, 2.24) is 0 Å². The van der Waals surface area contributed by atoms with Crippen molar-refractivity contribution in [2.75, 3.05) is 0 Å². The SMILES string of the molecule is CC(C)(CCCc1sccc1-c1ccccc1)c1ccc(Cl)cc1. The van der Waals surface area contributed by atoms with Crippen LogP contribution in [0.25, 0.3) is 11.1 Å². The summed E-state index contributed by atoms with van der Waals surface area (Å²) in [5, 5.41) is 3.02. The third-order valence-corrected chi connectivity index (χ3v) is 5.89. The lowest BCUT2D eigenvalue weighted by Gasteiger charge is -2.25. The zero-order valence-electron chi connectivity index (χ0n) is 14.3. The van der Waals surface area contributed by atoms with Gasteiger partial charge in [0.15, 0.2) is 0 Å². The second kappa shape index (κ2) is 7.55. The molecule has 0 aliphatic rings. The van der Waals surface area contributed by atoms with E-state index in [9.17, 15) is 0 Å². The Bertz CT molecular complexity index is 769. The molecular weight excluding hydrogens is 332 g/mol. The highest BCUT2D eigenvalue weighted by atomic mass is 35.5. The average Bonchev–Trinajstić information content (AvgIpc) is 3.04. The lowest BCUT2D eigenvalue weighted by molar-refractivity contribution is 0.462. The number of rotatable bonds is 6. The van der Waals surface area contributed by atoms with E-state index in [1.165, 1.54) is 34.4 Å². The van der Waals surface area contributed by atoms with Crippen LogP contribution in [0.5, 0.6) is 0 Å². The second-order valence-corrected chi connectivity index (χ2v) is 8.30. The summed E-state index contributed by atoms with van der Waals surface area (Å²) in [5.41, 5.74) is 4.26. The maximum Gasteiger partial charge on any atom is 0.0406 e. The summed E-state index contributed by atoms with van der Waals surface area (Å²) in [6.07, 6.45) is 3.50. The van der Waals surface area contributed by atoms with Gasteiger partial charge in [-0.2, -0.15) is 0 Å². The standard InChI is InChI=1S/C22H23ClS/c1-22(2,18-10-12-19(23)13-11-18)15-6-9-21-20(14-16-24-21)17-7-4-3-5-8-17/h3-5,7-8,10-14,16H,6,9,15H2,1-2H3. The summed E-state index contributed by atoms with van der Waals surface area (Å²) in [5.74, 6) is 0. The summed E-state index contributed by atoms with van der Waals surface area (Å²) < 4.78 is 0. The molecule has 0 bridgehead atoms. The highest BCUT2D eigenvalue weighted by Crippen LogP contribution is 2.33. The van der Waals surface area contributed by atoms with Crippen LogP contribution in [0.1, 0.15) is 37.1 Å². The van der Waals surface area contributed by atoms with Crippen LogP contribution in [0.3, 0.4) is 0 Å². The molecule has 24 heavy (non-hydrogen) atoms. The Kier molecular flexibility index (Phi) is 5.43. The molecule has 2 heteroatoms. The van der Waals surface area contributed by atoms with Gasteiger partial charge >= 0.3 is 0 Å². The summed E-state index contributed by atoms with van der Waals surface area (Å²) in [6.45, 7) is 4.64. The molecule has 0 radical (unpaired) electrons. The van der Waals surface area contributed by atoms with Gasteiger partial charge < -0.3 is 0 Å². The van der Waals surface area contributed by atoms with Crippen molar-refractivity contribution in [3.8, 4) is 11.1 Å². The van der Waals surface area contributed by atoms with Crippen LogP contribution in [0.4, 0.5) is 0 Å². The Balaban J connectivity index is 1.65. The number of aryl methyl sites for hydroxylation is 1. The van der Waals surface area contributed by atoms with Crippen molar-refractivity contribution in [3.63, 3.8) is 0 Å². The molecule has 0 unspecified atom stereocenters. The van der Waals surface area contributed by atoms with Crippen molar-refractivity contribution in [3.05, 3.63) is 81.5 Å². The molecule has 0 fully saturated rings. The van der Waals surface area contributed by atoms with E-state index in [0.29, 0.717) is 0 Å². The minimum atomic E-state index is 0.175. The van der Waals surface area contributed by atoms with Crippen LogP contribution in [-0.2, 0) is 11.8 Å². The number of hydrogen-bond acceptors (Lipinski definition) is 1. The first kappa shape index (κ1) is 17.3. The highest BCUT2D eigenvalue weighted by Gasteiger charge is 2.20. The van der Waals surface area contributed by atoms with Gasteiger partial charge in [0.2, 0.25) is 0 Å². The van der Waals surface area contributed by atoms with Crippen molar-refractivity contribution in [2.24, 2.45) is 0 Å². The zero-order chi connectivity index (χ0) is 17.0. The van der Waals surface area contributed by atoms with E-state index >= 15 is 0 Å². The van der Waals surface area contributed by atoms with Crippen molar-refractivity contribution < 1.29 is 0 Å². The van der Waals surface area contributed by atoms with Crippen LogP contribution < -0.4 is 0 Å². The summed E-state index contributed by atoms with van der Waals surface area (Å²) >= 11 is 7.89. The highest BCUT2D eigenvalue weighted by molar-refractivity contribution is 7.10. The Morgan fingerprint density at radius 3 is 2.33 bits per heavy atom. The first-order valence-electron chi connectivity index (χ1n) is 8.44. The monoisotopic (exact) mass is 354 g/mol. The first-order valence-corrected chi connectivity index (χ1v) is 9.70. The first-order chi connectivity index (χ1) is 11.6. The quantitative estimate of drug-likeness (QED) is 0.433. The molecular formula is C22H23ClS. The van der Waals surface area contributed by atoms with Crippen LogP contribution in [0.2, 0.25) is 5.02 Å². The summed E-state index contributed by atoms with van der Waals surface area (Å²) in [4.78, 5) is 1.49. The molecule has 2 aromatic carbocycles. The maximum absolute atomic E-state index is 6.01. The van der Waals surface area contributed by atoms with Crippen LogP contribution in [0, 0.1) is 0 Å². The Labute approximate surface area is 154 Å². The third kappa shape index (κ3) is 4.09. The number of benzene rings is 2. The molecule has 1 heterocycles. The maximum atomic E-state index is 6.01. The molecule has 1 aromatic heterocycles. The molecule has 0 spiro atoms. The summed E-state index contributed by atoms with van der Waals surface area (Å²) in [7, 11) is 0. The zero-order valence-corrected chi connectivity index (χ0v) is 15.8. The predicted octanol–water partition coefficient (Wildman–Crippen LogP) is 7.37. The third-order valence-electron chi connectivity index (χ3n) is 4.66. The fraction of sp³-hybridized carbons (Fsp3) is 0.273. The topological polar surface area (TPSA) is 0 Å². The van der Waals surface area contributed by atoms with Crippen molar-refractivity contribution in [1.29, 1.82) is 0 Å². The summed E-state index contributed by atoms with van der Waals surface area (Å²) in [6, 6.07) is 21.2. The predicted molar refractivity (Wildman–Crippen MR) is 107 cm³/mol. The minimum Gasteiger partial charge on any atom is -0.148 e. The molecule has 0 saturated heterocycles. The molecule has 0 aliphatic carbocycles. The fourth-order valence-electron chi connectivity index (χ4n) is 3.15. The van der Waals surface area contributed by atoms with E-state index in [2.05, 4.69) is 67.8 Å². The van der Waals surface area contributed by atoms with E-state index in [1.54, 1.807) is 0 Å². The Morgan fingerprint density at radius 1 is 0.917 bits per heavy atom. The van der Waals surface area contributed by atoms with Gasteiger partial charge in [-0.05, 0) is 64.9 Å². The van der Waals surface area contributed by atoms with Gasteiger partial charge in [-0.25, -0.2) is 0 Å². The molecule has 0 amide bonds. The molecule has 3 rings (SSSR count). The number of hydrogen-bond donors (Lipinski definition) is 0. The smallest absolute Gasteiger partial charge is 0.0406 e. The lowest BCUT2D eigenvalue weighted by atomic mass is 9.80. The van der Waals surface area contributed by atoms with E-state index in [-0.39, 0.29) is 5.41 Å². The molecule has 0 nitrogen and oxygen atoms in total. The van der Waals surface area contributed by atoms with Crippen LogP contribution in [-0.4, -0.2) is 0 Å². The normalized spacial score (nSPS) is 11.6. The Hall–Kier alpha value is -1.57. The van der Waals surface area contributed by atoms with E-state index < -0.39 is 0 Å². The van der Waals surface area contributed by atoms with Gasteiger partial charge in [0.1, 0.15) is 0 Å². The molecule has 0 aliphatic heterocycles. The molecule has 0 N–H and O–H groups in total.